The summed E-state index contributed by atoms with van der Waals surface area (Å²) >= 11 is 7.30. The minimum Gasteiger partial charge on any atom is -0.320 e. The number of thiophene rings is 1. The van der Waals surface area contributed by atoms with Crippen molar-refractivity contribution in [2.24, 2.45) is 5.73 Å². The molecule has 16 heavy (non-hydrogen) atoms. The molecule has 0 radical (unpaired) electrons. The largest absolute Gasteiger partial charge is 0.320 e. The Morgan fingerprint density at radius 1 is 1.38 bits per heavy atom. The van der Waals surface area contributed by atoms with E-state index in [0.29, 0.717) is 10.6 Å². The Bertz CT molecular complexity index is 509. The Morgan fingerprint density at radius 2 is 2.12 bits per heavy atom. The molecule has 0 fully saturated rings. The van der Waals surface area contributed by atoms with Gasteiger partial charge < -0.3 is 5.73 Å². The molecular weight excluding hydrogens is 245 g/mol. The molecule has 0 bridgehead atoms. The Labute approximate surface area is 103 Å². The first-order valence-electron chi connectivity index (χ1n) is 4.83. The second kappa shape index (κ2) is 4.53. The molecule has 0 saturated carbocycles. The van der Waals surface area contributed by atoms with Crippen LogP contribution in [0.15, 0.2) is 29.6 Å². The van der Waals surface area contributed by atoms with E-state index in [9.17, 15) is 4.39 Å². The van der Waals surface area contributed by atoms with Gasteiger partial charge in [-0.2, -0.15) is 0 Å². The summed E-state index contributed by atoms with van der Waals surface area (Å²) in [6, 6.07) is 6.12. The van der Waals surface area contributed by atoms with Crippen molar-refractivity contribution in [3.63, 3.8) is 0 Å². The van der Waals surface area contributed by atoms with Gasteiger partial charge in [0.1, 0.15) is 5.82 Å². The van der Waals surface area contributed by atoms with E-state index < -0.39 is 6.04 Å². The van der Waals surface area contributed by atoms with Crippen LogP contribution in [0.25, 0.3) is 0 Å². The lowest BCUT2D eigenvalue weighted by Crippen LogP contribution is -2.12. The smallest absolute Gasteiger partial charge is 0.129 e. The van der Waals surface area contributed by atoms with Crippen molar-refractivity contribution in [2.75, 3.05) is 0 Å². The molecule has 0 aliphatic carbocycles. The highest BCUT2D eigenvalue weighted by atomic mass is 35.5. The summed E-state index contributed by atoms with van der Waals surface area (Å²) in [7, 11) is 0. The molecule has 1 unspecified atom stereocenters. The van der Waals surface area contributed by atoms with Gasteiger partial charge in [0.05, 0.1) is 6.04 Å². The zero-order chi connectivity index (χ0) is 11.7. The first-order chi connectivity index (χ1) is 7.58. The molecule has 0 aliphatic heterocycles. The molecule has 1 aromatic carbocycles. The summed E-state index contributed by atoms with van der Waals surface area (Å²) in [6.45, 7) is 2.00. The maximum atomic E-state index is 13.6. The van der Waals surface area contributed by atoms with Gasteiger partial charge >= 0.3 is 0 Å². The van der Waals surface area contributed by atoms with Crippen LogP contribution < -0.4 is 5.73 Å². The van der Waals surface area contributed by atoms with Crippen molar-refractivity contribution in [2.45, 2.75) is 13.0 Å². The third kappa shape index (κ3) is 2.26. The SMILES string of the molecule is Cc1cc(C(N)c2ccc(Cl)cc2F)cs1. The maximum Gasteiger partial charge on any atom is 0.129 e. The molecule has 1 nitrogen and oxygen atoms in total. The zero-order valence-corrected chi connectivity index (χ0v) is 10.3. The Morgan fingerprint density at radius 3 is 2.69 bits per heavy atom. The van der Waals surface area contributed by atoms with Gasteiger partial charge in [0.25, 0.3) is 0 Å². The van der Waals surface area contributed by atoms with Crippen molar-refractivity contribution >= 4 is 22.9 Å². The Hall–Kier alpha value is -0.900. The molecule has 2 N–H and O–H groups in total. The summed E-state index contributed by atoms with van der Waals surface area (Å²) in [4.78, 5) is 1.17. The average Bonchev–Trinajstić information content (AvgIpc) is 2.64. The first-order valence-corrected chi connectivity index (χ1v) is 6.09. The highest BCUT2D eigenvalue weighted by Gasteiger charge is 2.14. The molecule has 4 heteroatoms. The minimum atomic E-state index is -0.429. The highest BCUT2D eigenvalue weighted by Crippen LogP contribution is 2.27. The maximum absolute atomic E-state index is 13.6. The topological polar surface area (TPSA) is 26.0 Å². The average molecular weight is 256 g/mol. The summed E-state index contributed by atoms with van der Waals surface area (Å²) < 4.78 is 13.6. The number of rotatable bonds is 2. The lowest BCUT2D eigenvalue weighted by atomic mass is 10.0. The van der Waals surface area contributed by atoms with Crippen molar-refractivity contribution in [3.8, 4) is 0 Å². The van der Waals surface area contributed by atoms with E-state index in [0.717, 1.165) is 5.56 Å². The number of hydrogen-bond donors (Lipinski definition) is 1. The van der Waals surface area contributed by atoms with E-state index in [1.54, 1.807) is 23.5 Å². The van der Waals surface area contributed by atoms with E-state index in [2.05, 4.69) is 0 Å². The number of benzene rings is 1. The van der Waals surface area contributed by atoms with Gasteiger partial charge in [0.15, 0.2) is 0 Å². The highest BCUT2D eigenvalue weighted by molar-refractivity contribution is 7.10. The molecule has 1 heterocycles. The van der Waals surface area contributed by atoms with Gasteiger partial charge in [0, 0.05) is 15.5 Å². The third-order valence-corrected chi connectivity index (χ3v) is 3.52. The number of aryl methyl sites for hydroxylation is 1. The van der Waals surface area contributed by atoms with E-state index in [1.807, 2.05) is 18.4 Å². The fourth-order valence-electron chi connectivity index (χ4n) is 1.56. The number of halogens is 2. The van der Waals surface area contributed by atoms with E-state index >= 15 is 0 Å². The van der Waals surface area contributed by atoms with Crippen molar-refractivity contribution in [1.29, 1.82) is 0 Å². The number of nitrogens with two attached hydrogens (primary N) is 1. The summed E-state index contributed by atoms with van der Waals surface area (Å²) in [5, 5.41) is 2.34. The zero-order valence-electron chi connectivity index (χ0n) is 8.71. The van der Waals surface area contributed by atoms with Crippen LogP contribution in [0.3, 0.4) is 0 Å². The molecule has 2 aromatic rings. The first kappa shape index (κ1) is 11.6. The van der Waals surface area contributed by atoms with Crippen molar-refractivity contribution in [1.82, 2.24) is 0 Å². The monoisotopic (exact) mass is 255 g/mol. The predicted octanol–water partition coefficient (Wildman–Crippen LogP) is 3.90. The number of hydrogen-bond acceptors (Lipinski definition) is 2. The van der Waals surface area contributed by atoms with Gasteiger partial charge in [0.2, 0.25) is 0 Å². The van der Waals surface area contributed by atoms with Crippen molar-refractivity contribution < 1.29 is 4.39 Å². The molecule has 0 aliphatic rings. The third-order valence-electron chi connectivity index (χ3n) is 2.41. The van der Waals surface area contributed by atoms with Gasteiger partial charge in [-0.25, -0.2) is 4.39 Å². The second-order valence-corrected chi connectivity index (χ2v) is 5.19. The van der Waals surface area contributed by atoms with Gasteiger partial charge in [-0.05, 0) is 36.1 Å². The van der Waals surface area contributed by atoms with Crippen molar-refractivity contribution in [3.05, 3.63) is 56.5 Å². The minimum absolute atomic E-state index is 0.358. The van der Waals surface area contributed by atoms with Gasteiger partial charge in [-0.1, -0.05) is 17.7 Å². The van der Waals surface area contributed by atoms with E-state index in [-0.39, 0.29) is 5.82 Å². The van der Waals surface area contributed by atoms with Crippen LogP contribution in [0.5, 0.6) is 0 Å². The summed E-state index contributed by atoms with van der Waals surface area (Å²) in [6.07, 6.45) is 0. The lowest BCUT2D eigenvalue weighted by molar-refractivity contribution is 0.600. The quantitative estimate of drug-likeness (QED) is 0.866. The van der Waals surface area contributed by atoms with Crippen LogP contribution >= 0.6 is 22.9 Å². The standard InChI is InChI=1S/C12H11ClFNS/c1-7-4-8(6-16-7)12(15)10-3-2-9(13)5-11(10)14/h2-6,12H,15H2,1H3. The van der Waals surface area contributed by atoms with Crippen LogP contribution in [0, 0.1) is 12.7 Å². The molecule has 0 amide bonds. The Balaban J connectivity index is 2.37. The van der Waals surface area contributed by atoms with E-state index in [4.69, 9.17) is 17.3 Å². The molecule has 2 rings (SSSR count). The Kier molecular flexibility index (Phi) is 3.28. The fourth-order valence-corrected chi connectivity index (χ4v) is 2.46. The lowest BCUT2D eigenvalue weighted by Gasteiger charge is -2.11. The van der Waals surface area contributed by atoms with E-state index in [1.165, 1.54) is 10.9 Å². The molecule has 84 valence electrons. The summed E-state index contributed by atoms with van der Waals surface area (Å²) in [5.74, 6) is -0.358. The molecule has 0 saturated heterocycles. The van der Waals surface area contributed by atoms with Crippen LogP contribution in [0.1, 0.15) is 22.0 Å². The fraction of sp³-hybridized carbons (Fsp3) is 0.167. The molecule has 0 spiro atoms. The molecular formula is C12H11ClFNS. The summed E-state index contributed by atoms with van der Waals surface area (Å²) in [5.41, 5.74) is 7.41. The second-order valence-electron chi connectivity index (χ2n) is 3.63. The van der Waals surface area contributed by atoms with Crippen LogP contribution in [-0.2, 0) is 0 Å². The predicted molar refractivity (Wildman–Crippen MR) is 66.5 cm³/mol. The normalized spacial score (nSPS) is 12.8. The van der Waals surface area contributed by atoms with Crippen LogP contribution in [0.4, 0.5) is 4.39 Å². The van der Waals surface area contributed by atoms with Gasteiger partial charge in [-0.3, -0.25) is 0 Å². The van der Waals surface area contributed by atoms with Crippen LogP contribution in [0.2, 0.25) is 5.02 Å². The van der Waals surface area contributed by atoms with Crippen LogP contribution in [-0.4, -0.2) is 0 Å². The van der Waals surface area contributed by atoms with Gasteiger partial charge in [-0.15, -0.1) is 11.3 Å². The molecule has 1 aromatic heterocycles. The molecule has 1 atom stereocenters.